The fourth-order valence-electron chi connectivity index (χ4n) is 8.24. The number of aromatic nitrogens is 2. The van der Waals surface area contributed by atoms with Crippen molar-refractivity contribution in [3.05, 3.63) is 72.9 Å². The molecule has 8 heteroatoms. The Morgan fingerprint density at radius 2 is 1.31 bits per heavy atom. The third-order valence-electron chi connectivity index (χ3n) is 9.99. The average Bonchev–Trinajstić information content (AvgIpc) is 3.62. The van der Waals surface area contributed by atoms with Crippen LogP contribution in [0, 0.1) is 0 Å². The second-order valence-corrected chi connectivity index (χ2v) is 20.8. The zero-order valence-corrected chi connectivity index (χ0v) is 29.4. The van der Waals surface area contributed by atoms with Crippen molar-refractivity contribution in [2.45, 2.75) is 107 Å². The summed E-state index contributed by atoms with van der Waals surface area (Å²) in [7, 11) is 0. The van der Waals surface area contributed by atoms with Gasteiger partial charge in [0.2, 0.25) is 0 Å². The van der Waals surface area contributed by atoms with Gasteiger partial charge in [-0.3, -0.25) is 0 Å². The van der Waals surface area contributed by atoms with Gasteiger partial charge in [-0.25, -0.2) is 0 Å². The Morgan fingerprint density at radius 1 is 0.643 bits per heavy atom. The summed E-state index contributed by atoms with van der Waals surface area (Å²) in [6.45, 7) is 18.7. The summed E-state index contributed by atoms with van der Waals surface area (Å²) in [5.74, 6) is 2.96. The van der Waals surface area contributed by atoms with Crippen molar-refractivity contribution in [2.75, 3.05) is 0 Å². The SMILES string of the molecule is CCC1=C(CC)C2=[N+]3C1=CC1=[N+]4C(=Nc5c(CC)c(CC)c6n5P(n5c(c(CC)c(CC)c5=N2)=C6)I43)C(CC)=C1CC. The van der Waals surface area contributed by atoms with Crippen LogP contribution >= 0.6 is 25.7 Å². The van der Waals surface area contributed by atoms with E-state index in [1.54, 1.807) is 0 Å². The molecule has 0 aromatic carbocycles. The first-order valence-electron chi connectivity index (χ1n) is 16.2. The summed E-state index contributed by atoms with van der Waals surface area (Å²) in [6.07, 6.45) is 13.3. The molecule has 42 heavy (non-hydrogen) atoms. The van der Waals surface area contributed by atoms with Crippen molar-refractivity contribution >= 4 is 55.0 Å². The Labute approximate surface area is 257 Å². The van der Waals surface area contributed by atoms with Crippen LogP contribution in [-0.4, -0.2) is 31.6 Å². The molecule has 0 spiro atoms. The Morgan fingerprint density at radius 3 is 1.93 bits per heavy atom. The van der Waals surface area contributed by atoms with E-state index < -0.39 is 25.7 Å². The van der Waals surface area contributed by atoms with E-state index in [0.717, 1.165) is 51.4 Å². The number of hydrogen-bond acceptors (Lipinski definition) is 2. The molecule has 6 nitrogen and oxygen atoms in total. The zero-order chi connectivity index (χ0) is 29.2. The average molecular weight is 693 g/mol. The van der Waals surface area contributed by atoms with Gasteiger partial charge < -0.3 is 0 Å². The summed E-state index contributed by atoms with van der Waals surface area (Å²) in [6, 6.07) is 0. The Kier molecular flexibility index (Phi) is 6.19. The van der Waals surface area contributed by atoms with Crippen LogP contribution in [0.25, 0.3) is 6.08 Å². The van der Waals surface area contributed by atoms with Gasteiger partial charge in [0.05, 0.1) is 0 Å². The van der Waals surface area contributed by atoms with E-state index in [0.29, 0.717) is 0 Å². The van der Waals surface area contributed by atoms with Crippen LogP contribution in [0.5, 0.6) is 0 Å². The summed E-state index contributed by atoms with van der Waals surface area (Å²) in [5.41, 5.74) is 17.5. The molecule has 0 radical (unpaired) electrons. The summed E-state index contributed by atoms with van der Waals surface area (Å²) < 4.78 is 11.2. The van der Waals surface area contributed by atoms with Crippen LogP contribution in [0.1, 0.15) is 109 Å². The summed E-state index contributed by atoms with van der Waals surface area (Å²) >= 11 is -2.26. The van der Waals surface area contributed by atoms with Gasteiger partial charge in [-0.1, -0.05) is 0 Å². The fraction of sp³-hybridized carbons (Fsp3) is 0.471. The van der Waals surface area contributed by atoms with Crippen LogP contribution in [0.4, 0.5) is 5.82 Å². The van der Waals surface area contributed by atoms with E-state index in [-0.39, 0.29) is 0 Å². The van der Waals surface area contributed by atoms with Gasteiger partial charge in [0.15, 0.2) is 0 Å². The molecular weight excluding hydrogens is 650 g/mol. The molecule has 0 N–H and O–H groups in total. The van der Waals surface area contributed by atoms with E-state index in [9.17, 15) is 0 Å². The first-order valence-corrected chi connectivity index (χ1v) is 22.2. The maximum atomic E-state index is 5.79. The third kappa shape index (κ3) is 3.00. The molecule has 6 aliphatic heterocycles. The molecule has 2 aromatic rings. The van der Waals surface area contributed by atoms with Gasteiger partial charge in [0.1, 0.15) is 0 Å². The maximum absolute atomic E-state index is 5.79. The van der Waals surface area contributed by atoms with Gasteiger partial charge in [-0.15, -0.1) is 0 Å². The molecular formula is C34H42IN6P+2. The van der Waals surface area contributed by atoms with Crippen LogP contribution in [0.3, 0.4) is 0 Å². The van der Waals surface area contributed by atoms with E-state index in [2.05, 4.69) is 81.8 Å². The van der Waals surface area contributed by atoms with E-state index in [1.165, 1.54) is 90.0 Å². The van der Waals surface area contributed by atoms with Crippen molar-refractivity contribution in [2.24, 2.45) is 9.98 Å². The topological polar surface area (TPSA) is 40.6 Å². The van der Waals surface area contributed by atoms with Crippen molar-refractivity contribution in [1.82, 2.24) is 8.68 Å². The quantitative estimate of drug-likeness (QED) is 0.158. The fourth-order valence-corrected chi connectivity index (χ4v) is 23.5. The van der Waals surface area contributed by atoms with Gasteiger partial charge in [0.25, 0.3) is 0 Å². The minimum atomic E-state index is -2.26. The van der Waals surface area contributed by atoms with E-state index >= 15 is 0 Å². The van der Waals surface area contributed by atoms with Crippen molar-refractivity contribution < 1.29 is 5.58 Å². The van der Waals surface area contributed by atoms with Crippen LogP contribution in [0.2, 0.25) is 0 Å². The minimum absolute atomic E-state index is 0.787. The number of halogens is 1. The summed E-state index contributed by atoms with van der Waals surface area (Å²) in [4.78, 5) is 11.6. The first kappa shape index (κ1) is 27.2. The van der Waals surface area contributed by atoms with Crippen LogP contribution in [-0.2, 0) is 25.7 Å². The zero-order valence-electron chi connectivity index (χ0n) is 26.3. The predicted octanol–water partition coefficient (Wildman–Crippen LogP) is 7.34. The molecule has 0 saturated heterocycles. The molecule has 218 valence electrons. The normalized spacial score (nSPS) is 21.5. The number of aliphatic imine (C=N–C) groups is 1. The molecule has 8 rings (SSSR count). The number of nitrogens with zero attached hydrogens (tertiary/aromatic N) is 6. The number of hydrogen-bond donors (Lipinski definition) is 0. The molecule has 6 aliphatic rings. The van der Waals surface area contributed by atoms with E-state index in [1.807, 2.05) is 0 Å². The molecule has 0 amide bonds. The summed E-state index contributed by atoms with van der Waals surface area (Å²) in [5, 5.41) is 1.43. The first-order chi connectivity index (χ1) is 20.5. The van der Waals surface area contributed by atoms with Gasteiger partial charge in [-0.2, -0.15) is 0 Å². The monoisotopic (exact) mass is 692 g/mol. The van der Waals surface area contributed by atoms with Gasteiger partial charge >= 0.3 is 259 Å². The Balaban J connectivity index is 1.64. The predicted molar refractivity (Wildman–Crippen MR) is 183 cm³/mol. The van der Waals surface area contributed by atoms with Gasteiger partial charge in [-0.05, 0) is 0 Å². The third-order valence-corrected chi connectivity index (χ3v) is 22.3. The van der Waals surface area contributed by atoms with Gasteiger partial charge in [0, 0.05) is 0 Å². The number of amidine groups is 2. The van der Waals surface area contributed by atoms with E-state index in [4.69, 9.17) is 9.98 Å². The van der Waals surface area contributed by atoms with Crippen LogP contribution < -0.4 is 10.8 Å². The van der Waals surface area contributed by atoms with Crippen molar-refractivity contribution in [3.63, 3.8) is 0 Å². The molecule has 1 atom stereocenters. The van der Waals surface area contributed by atoms with Crippen molar-refractivity contribution in [3.8, 4) is 0 Å². The second-order valence-electron chi connectivity index (χ2n) is 11.7. The standard InChI is InChI=1S/C34H42IN6P/c1-9-19-23(13-5)31-36-33-25(15-7)21(11-3)29-18-30-22(12-4)26(16-8)34-37-32-24(14-6)20(10-2)28-17-27(19)38(31)35(39(28)32)42(40(29)33)41(30)34/h17-18H,9-16H2,1-8H3/q+2. The number of rotatable bonds is 8. The van der Waals surface area contributed by atoms with Crippen LogP contribution in [0.15, 0.2) is 44.1 Å². The molecule has 0 fully saturated rings. The molecule has 2 aromatic heterocycles. The Bertz CT molecular complexity index is 1970. The molecule has 0 saturated carbocycles. The molecule has 1 unspecified atom stereocenters. The molecule has 0 aliphatic carbocycles. The number of allylic oxidation sites excluding steroid dienone is 3. The molecule has 0 bridgehead atoms. The molecule has 8 heterocycles. The Hall–Kier alpha value is -2.38. The van der Waals surface area contributed by atoms with Crippen molar-refractivity contribution in [1.29, 1.82) is 0 Å². The second kappa shape index (κ2) is 9.56.